The van der Waals surface area contributed by atoms with Gasteiger partial charge in [0.2, 0.25) is 5.91 Å². The molecule has 6 nitrogen and oxygen atoms in total. The van der Waals surface area contributed by atoms with Crippen molar-refractivity contribution in [2.75, 3.05) is 6.54 Å². The van der Waals surface area contributed by atoms with Gasteiger partial charge in [-0.3, -0.25) is 4.79 Å². The Hall–Kier alpha value is -2.08. The van der Waals surface area contributed by atoms with E-state index in [1.165, 1.54) is 6.92 Å². The smallest absolute Gasteiger partial charge is 0.327 e. The molecule has 1 unspecified atom stereocenters. The second kappa shape index (κ2) is 6.61. The van der Waals surface area contributed by atoms with Gasteiger partial charge in [0.1, 0.15) is 11.8 Å². The highest BCUT2D eigenvalue weighted by molar-refractivity contribution is 5.82. The lowest BCUT2D eigenvalue weighted by atomic mass is 10.2. The highest BCUT2D eigenvalue weighted by Gasteiger charge is 2.17. The van der Waals surface area contributed by atoms with Crippen LogP contribution in [0.1, 0.15) is 12.5 Å². The molecule has 1 rings (SSSR count). The number of aromatic hydroxyl groups is 1. The number of hydrogen-bond acceptors (Lipinski definition) is 4. The largest absolute Gasteiger partial charge is 0.508 e. The molecule has 1 aromatic rings. The third kappa shape index (κ3) is 4.84. The topological polar surface area (TPSA) is 98.7 Å². The first-order chi connectivity index (χ1) is 8.49. The summed E-state index contributed by atoms with van der Waals surface area (Å²) in [7, 11) is 0. The molecule has 0 saturated heterocycles. The van der Waals surface area contributed by atoms with Gasteiger partial charge < -0.3 is 20.8 Å². The molecule has 0 heterocycles. The lowest BCUT2D eigenvalue weighted by Crippen LogP contribution is -2.46. The summed E-state index contributed by atoms with van der Waals surface area (Å²) in [6.07, 6.45) is 0. The summed E-state index contributed by atoms with van der Waals surface area (Å²) >= 11 is 0. The van der Waals surface area contributed by atoms with E-state index in [2.05, 4.69) is 10.6 Å². The van der Waals surface area contributed by atoms with Crippen molar-refractivity contribution >= 4 is 11.9 Å². The molecular formula is C12H16N2O4. The van der Waals surface area contributed by atoms with Crippen molar-refractivity contribution in [2.24, 2.45) is 0 Å². The van der Waals surface area contributed by atoms with Crippen LogP contribution < -0.4 is 10.6 Å². The number of carbonyl (C=O) groups is 2. The maximum Gasteiger partial charge on any atom is 0.327 e. The van der Waals surface area contributed by atoms with Gasteiger partial charge in [-0.05, 0) is 17.7 Å². The minimum atomic E-state index is -1.08. The lowest BCUT2D eigenvalue weighted by Gasteiger charge is -2.14. The number of nitrogens with one attached hydrogen (secondary N) is 2. The van der Waals surface area contributed by atoms with Crippen LogP contribution in [0, 0.1) is 0 Å². The highest BCUT2D eigenvalue weighted by atomic mass is 16.4. The SMILES string of the molecule is CC(=O)NC(CNCc1ccc(O)cc1)C(=O)O. The third-order valence-corrected chi connectivity index (χ3v) is 2.29. The minimum Gasteiger partial charge on any atom is -0.508 e. The van der Waals surface area contributed by atoms with Gasteiger partial charge in [0.15, 0.2) is 0 Å². The number of carboxylic acid groups (broad SMARTS) is 1. The van der Waals surface area contributed by atoms with Crippen molar-refractivity contribution in [3.05, 3.63) is 29.8 Å². The molecule has 1 aromatic carbocycles. The number of rotatable bonds is 6. The quantitative estimate of drug-likeness (QED) is 0.574. The Bertz CT molecular complexity index is 417. The van der Waals surface area contributed by atoms with Crippen molar-refractivity contribution in [3.63, 3.8) is 0 Å². The van der Waals surface area contributed by atoms with Crippen molar-refractivity contribution in [2.45, 2.75) is 19.5 Å². The molecular weight excluding hydrogens is 236 g/mol. The fraction of sp³-hybridized carbons (Fsp3) is 0.333. The fourth-order valence-electron chi connectivity index (χ4n) is 1.42. The molecule has 6 heteroatoms. The molecule has 0 aliphatic heterocycles. The van der Waals surface area contributed by atoms with E-state index in [1.807, 2.05) is 0 Å². The summed E-state index contributed by atoms with van der Waals surface area (Å²) in [6.45, 7) is 1.87. The number of carbonyl (C=O) groups excluding carboxylic acids is 1. The van der Waals surface area contributed by atoms with Gasteiger partial charge in [-0.1, -0.05) is 12.1 Å². The van der Waals surface area contributed by atoms with Crippen LogP contribution in [0.15, 0.2) is 24.3 Å². The number of phenolic OH excluding ortho intramolecular Hbond substituents is 1. The van der Waals surface area contributed by atoms with Crippen LogP contribution in [0.3, 0.4) is 0 Å². The Balaban J connectivity index is 2.41. The van der Waals surface area contributed by atoms with Crippen molar-refractivity contribution in [1.82, 2.24) is 10.6 Å². The summed E-state index contributed by atoms with van der Waals surface area (Å²) in [5, 5.41) is 23.2. The van der Waals surface area contributed by atoms with Gasteiger partial charge in [-0.15, -0.1) is 0 Å². The molecule has 0 radical (unpaired) electrons. The maximum absolute atomic E-state index is 10.8. The van der Waals surface area contributed by atoms with Crippen molar-refractivity contribution < 1.29 is 19.8 Å². The lowest BCUT2D eigenvalue weighted by molar-refractivity contribution is -0.141. The van der Waals surface area contributed by atoms with E-state index in [1.54, 1.807) is 24.3 Å². The zero-order chi connectivity index (χ0) is 13.5. The monoisotopic (exact) mass is 252 g/mol. The van der Waals surface area contributed by atoms with Crippen LogP contribution in [0.2, 0.25) is 0 Å². The first kappa shape index (κ1) is 14.0. The van der Waals surface area contributed by atoms with Crippen LogP contribution in [0.4, 0.5) is 0 Å². The predicted octanol–water partition coefficient (Wildman–Crippen LogP) is 0.0711. The summed E-state index contributed by atoms with van der Waals surface area (Å²) < 4.78 is 0. The fourth-order valence-corrected chi connectivity index (χ4v) is 1.42. The van der Waals surface area contributed by atoms with E-state index >= 15 is 0 Å². The van der Waals surface area contributed by atoms with Gasteiger partial charge in [0.05, 0.1) is 0 Å². The van der Waals surface area contributed by atoms with Gasteiger partial charge in [-0.2, -0.15) is 0 Å². The Morgan fingerprint density at radius 1 is 1.28 bits per heavy atom. The average molecular weight is 252 g/mol. The van der Waals surface area contributed by atoms with Gasteiger partial charge in [0.25, 0.3) is 0 Å². The first-order valence-electron chi connectivity index (χ1n) is 5.47. The summed E-state index contributed by atoms with van der Waals surface area (Å²) in [5.41, 5.74) is 0.916. The number of amides is 1. The van der Waals surface area contributed by atoms with E-state index in [0.29, 0.717) is 6.54 Å². The summed E-state index contributed by atoms with van der Waals surface area (Å²) in [4.78, 5) is 21.6. The molecule has 0 aliphatic carbocycles. The Labute approximate surface area is 105 Å². The second-order valence-electron chi connectivity index (χ2n) is 3.89. The van der Waals surface area contributed by atoms with Gasteiger partial charge in [0, 0.05) is 20.0 Å². The van der Waals surface area contributed by atoms with E-state index in [4.69, 9.17) is 10.2 Å². The predicted molar refractivity (Wildman–Crippen MR) is 65.1 cm³/mol. The Morgan fingerprint density at radius 2 is 1.89 bits per heavy atom. The van der Waals surface area contributed by atoms with Crippen LogP contribution >= 0.6 is 0 Å². The van der Waals surface area contributed by atoms with Gasteiger partial charge >= 0.3 is 5.97 Å². The molecule has 0 saturated carbocycles. The van der Waals surface area contributed by atoms with Crippen LogP contribution in [0.25, 0.3) is 0 Å². The normalized spacial score (nSPS) is 11.8. The number of benzene rings is 1. The number of carboxylic acids is 1. The van der Waals surface area contributed by atoms with Crippen LogP contribution in [0.5, 0.6) is 5.75 Å². The molecule has 18 heavy (non-hydrogen) atoms. The third-order valence-electron chi connectivity index (χ3n) is 2.29. The van der Waals surface area contributed by atoms with E-state index < -0.39 is 12.0 Å². The van der Waals surface area contributed by atoms with Crippen molar-refractivity contribution in [1.29, 1.82) is 0 Å². The van der Waals surface area contributed by atoms with Crippen molar-refractivity contribution in [3.8, 4) is 5.75 Å². The van der Waals surface area contributed by atoms with Crippen LogP contribution in [-0.2, 0) is 16.1 Å². The average Bonchev–Trinajstić information content (AvgIpc) is 2.29. The molecule has 4 N–H and O–H groups in total. The highest BCUT2D eigenvalue weighted by Crippen LogP contribution is 2.08. The molecule has 1 amide bonds. The second-order valence-corrected chi connectivity index (χ2v) is 3.89. The van der Waals surface area contributed by atoms with E-state index in [0.717, 1.165) is 5.56 Å². The first-order valence-corrected chi connectivity index (χ1v) is 5.47. The molecule has 0 fully saturated rings. The standard InChI is InChI=1S/C12H16N2O4/c1-8(15)14-11(12(17)18)7-13-6-9-2-4-10(16)5-3-9/h2-5,11,13,16H,6-7H2,1H3,(H,14,15)(H,17,18). The molecule has 0 spiro atoms. The zero-order valence-electron chi connectivity index (χ0n) is 10.0. The molecule has 0 bridgehead atoms. The number of phenols is 1. The molecule has 98 valence electrons. The molecule has 0 aromatic heterocycles. The summed E-state index contributed by atoms with van der Waals surface area (Å²) in [5.74, 6) is -1.28. The molecule has 0 aliphatic rings. The summed E-state index contributed by atoms with van der Waals surface area (Å²) in [6, 6.07) is 5.63. The maximum atomic E-state index is 10.8. The number of hydrogen-bond donors (Lipinski definition) is 4. The van der Waals surface area contributed by atoms with E-state index in [-0.39, 0.29) is 18.2 Å². The van der Waals surface area contributed by atoms with Crippen LogP contribution in [-0.4, -0.2) is 34.7 Å². The van der Waals surface area contributed by atoms with Gasteiger partial charge in [-0.25, -0.2) is 4.79 Å². The minimum absolute atomic E-state index is 0.135. The van der Waals surface area contributed by atoms with E-state index in [9.17, 15) is 9.59 Å². The Kier molecular flexibility index (Phi) is 5.13. The Morgan fingerprint density at radius 3 is 2.39 bits per heavy atom. The number of aliphatic carboxylic acids is 1. The molecule has 1 atom stereocenters. The zero-order valence-corrected chi connectivity index (χ0v) is 10.0.